The number of hydrogen-bond acceptors (Lipinski definition) is 6. The van der Waals surface area contributed by atoms with E-state index in [1.54, 1.807) is 0 Å². The maximum absolute atomic E-state index is 5.17. The van der Waals surface area contributed by atoms with Crippen LogP contribution in [-0.4, -0.2) is 62.4 Å². The van der Waals surface area contributed by atoms with Crippen molar-refractivity contribution >= 4 is 0 Å². The van der Waals surface area contributed by atoms with Gasteiger partial charge in [-0.15, -0.1) is 0 Å². The van der Waals surface area contributed by atoms with Crippen molar-refractivity contribution in [1.82, 2.24) is 29.7 Å². The Hall–Kier alpha value is -1.73. The van der Waals surface area contributed by atoms with E-state index in [4.69, 9.17) is 4.52 Å². The second kappa shape index (κ2) is 7.02. The van der Waals surface area contributed by atoms with E-state index in [1.807, 2.05) is 30.1 Å². The van der Waals surface area contributed by atoms with Crippen molar-refractivity contribution in [3.05, 3.63) is 30.2 Å². The normalized spacial score (nSPS) is 19.3. The molecule has 0 saturated carbocycles. The molecule has 0 bridgehead atoms. The van der Waals surface area contributed by atoms with Crippen LogP contribution >= 0.6 is 0 Å². The van der Waals surface area contributed by atoms with Crippen molar-refractivity contribution in [2.75, 3.05) is 26.7 Å². The van der Waals surface area contributed by atoms with Gasteiger partial charge in [-0.05, 0) is 26.1 Å². The van der Waals surface area contributed by atoms with E-state index < -0.39 is 0 Å². The number of nitrogens with zero attached hydrogens (tertiary/aromatic N) is 6. The van der Waals surface area contributed by atoms with Gasteiger partial charge in [-0.1, -0.05) is 12.1 Å². The second-order valence-corrected chi connectivity index (χ2v) is 5.89. The molecular formula is C15H24N6O. The van der Waals surface area contributed by atoms with Crippen LogP contribution in [0.25, 0.3) is 0 Å². The topological polar surface area (TPSA) is 63.2 Å². The van der Waals surface area contributed by atoms with Crippen molar-refractivity contribution in [3.63, 3.8) is 0 Å². The first-order valence-corrected chi connectivity index (χ1v) is 7.96. The molecule has 7 heteroatoms. The minimum Gasteiger partial charge on any atom is -0.339 e. The van der Waals surface area contributed by atoms with Crippen molar-refractivity contribution in [2.45, 2.75) is 38.9 Å². The third kappa shape index (κ3) is 3.72. The number of likely N-dealkylation sites (N-methyl/N-ethyl adjacent to an activating group) is 1. The van der Waals surface area contributed by atoms with Crippen LogP contribution in [0.5, 0.6) is 0 Å². The molecule has 3 heterocycles. The van der Waals surface area contributed by atoms with E-state index in [2.05, 4.69) is 32.1 Å². The summed E-state index contributed by atoms with van der Waals surface area (Å²) in [5.74, 6) is 1.50. The van der Waals surface area contributed by atoms with Crippen LogP contribution in [0.15, 0.2) is 23.0 Å². The van der Waals surface area contributed by atoms with E-state index in [0.29, 0.717) is 6.04 Å². The molecule has 2 aromatic heterocycles. The van der Waals surface area contributed by atoms with Crippen LogP contribution in [0, 0.1) is 0 Å². The van der Waals surface area contributed by atoms with Crippen molar-refractivity contribution in [2.24, 2.45) is 0 Å². The number of aromatic nitrogens is 4. The number of aryl methyl sites for hydroxylation is 1. The number of likely N-dealkylation sites (tertiary alicyclic amines) is 1. The molecule has 2 aromatic rings. The molecule has 1 aliphatic heterocycles. The lowest BCUT2D eigenvalue weighted by Gasteiger charge is -2.23. The highest BCUT2D eigenvalue weighted by molar-refractivity contribution is 4.89. The lowest BCUT2D eigenvalue weighted by atomic mass is 10.2. The minimum absolute atomic E-state index is 0.557. The highest BCUT2D eigenvalue weighted by Crippen LogP contribution is 2.16. The van der Waals surface area contributed by atoms with Crippen LogP contribution < -0.4 is 0 Å². The Balaban J connectivity index is 1.45. The van der Waals surface area contributed by atoms with E-state index in [0.717, 1.165) is 50.9 Å². The highest BCUT2D eigenvalue weighted by Gasteiger charge is 2.26. The first kappa shape index (κ1) is 15.2. The quantitative estimate of drug-likeness (QED) is 0.761. The standard InChI is InChI=1S/C15H24N6O/c1-3-15-17-14(18-22-15)12-19(2)13-5-8-20(11-13)9-10-21-7-4-6-16-21/h4,6-7,13H,3,5,8-12H2,1-2H3. The summed E-state index contributed by atoms with van der Waals surface area (Å²) in [5, 5.41) is 8.28. The van der Waals surface area contributed by atoms with E-state index >= 15 is 0 Å². The van der Waals surface area contributed by atoms with Gasteiger partial charge < -0.3 is 4.52 Å². The molecule has 0 aromatic carbocycles. The van der Waals surface area contributed by atoms with Gasteiger partial charge in [-0.25, -0.2) is 0 Å². The molecule has 0 amide bonds. The lowest BCUT2D eigenvalue weighted by molar-refractivity contribution is 0.215. The molecule has 0 aliphatic carbocycles. The van der Waals surface area contributed by atoms with Crippen LogP contribution in [0.3, 0.4) is 0 Å². The zero-order valence-electron chi connectivity index (χ0n) is 13.4. The molecule has 1 aliphatic rings. The fraction of sp³-hybridized carbons (Fsp3) is 0.667. The SMILES string of the molecule is CCc1nc(CN(C)C2CCN(CCn3cccn3)C2)no1. The van der Waals surface area contributed by atoms with Crippen molar-refractivity contribution in [3.8, 4) is 0 Å². The summed E-state index contributed by atoms with van der Waals surface area (Å²) < 4.78 is 7.16. The van der Waals surface area contributed by atoms with Gasteiger partial charge >= 0.3 is 0 Å². The zero-order valence-corrected chi connectivity index (χ0v) is 13.4. The van der Waals surface area contributed by atoms with Gasteiger partial charge in [0.15, 0.2) is 5.82 Å². The summed E-state index contributed by atoms with van der Waals surface area (Å²) in [7, 11) is 2.14. The summed E-state index contributed by atoms with van der Waals surface area (Å²) >= 11 is 0. The Kier molecular flexibility index (Phi) is 4.84. The lowest BCUT2D eigenvalue weighted by Crippen LogP contribution is -2.35. The highest BCUT2D eigenvalue weighted by atomic mass is 16.5. The molecule has 120 valence electrons. The molecule has 1 unspecified atom stereocenters. The molecule has 1 atom stereocenters. The van der Waals surface area contributed by atoms with Gasteiger partial charge in [0, 0.05) is 37.9 Å². The molecule has 7 nitrogen and oxygen atoms in total. The first-order chi connectivity index (χ1) is 10.7. The monoisotopic (exact) mass is 304 g/mol. The maximum Gasteiger partial charge on any atom is 0.226 e. The second-order valence-electron chi connectivity index (χ2n) is 5.89. The Labute approximate surface area is 130 Å². The Morgan fingerprint density at radius 1 is 1.41 bits per heavy atom. The largest absolute Gasteiger partial charge is 0.339 e. The van der Waals surface area contributed by atoms with Gasteiger partial charge in [0.1, 0.15) is 0 Å². The van der Waals surface area contributed by atoms with Gasteiger partial charge in [-0.2, -0.15) is 10.1 Å². The summed E-state index contributed by atoms with van der Waals surface area (Å²) in [6.07, 6.45) is 5.83. The summed E-state index contributed by atoms with van der Waals surface area (Å²) in [6, 6.07) is 2.52. The minimum atomic E-state index is 0.557. The van der Waals surface area contributed by atoms with Crippen molar-refractivity contribution in [1.29, 1.82) is 0 Å². The van der Waals surface area contributed by atoms with Gasteiger partial charge in [-0.3, -0.25) is 14.5 Å². The summed E-state index contributed by atoms with van der Waals surface area (Å²) in [4.78, 5) is 9.21. The number of hydrogen-bond donors (Lipinski definition) is 0. The van der Waals surface area contributed by atoms with Crippen LogP contribution in [0.1, 0.15) is 25.1 Å². The smallest absolute Gasteiger partial charge is 0.226 e. The van der Waals surface area contributed by atoms with E-state index in [9.17, 15) is 0 Å². The molecule has 1 saturated heterocycles. The average molecular weight is 304 g/mol. The fourth-order valence-corrected chi connectivity index (χ4v) is 2.90. The molecule has 0 spiro atoms. The first-order valence-electron chi connectivity index (χ1n) is 7.96. The van der Waals surface area contributed by atoms with Gasteiger partial charge in [0.05, 0.1) is 13.1 Å². The molecule has 0 N–H and O–H groups in total. The van der Waals surface area contributed by atoms with Gasteiger partial charge in [0.2, 0.25) is 5.89 Å². The summed E-state index contributed by atoms with van der Waals surface area (Å²) in [6.45, 7) is 7.01. The van der Waals surface area contributed by atoms with E-state index in [-0.39, 0.29) is 0 Å². The summed E-state index contributed by atoms with van der Waals surface area (Å²) in [5.41, 5.74) is 0. The third-order valence-corrected chi connectivity index (χ3v) is 4.28. The van der Waals surface area contributed by atoms with Crippen LogP contribution in [0.2, 0.25) is 0 Å². The van der Waals surface area contributed by atoms with Gasteiger partial charge in [0.25, 0.3) is 0 Å². The Morgan fingerprint density at radius 3 is 3.05 bits per heavy atom. The van der Waals surface area contributed by atoms with E-state index in [1.165, 1.54) is 6.42 Å². The van der Waals surface area contributed by atoms with Crippen LogP contribution in [-0.2, 0) is 19.5 Å². The predicted octanol–water partition coefficient (Wildman–Crippen LogP) is 1.03. The third-order valence-electron chi connectivity index (χ3n) is 4.28. The number of rotatable bonds is 7. The Bertz CT molecular complexity index is 566. The zero-order chi connectivity index (χ0) is 15.4. The Morgan fingerprint density at radius 2 is 2.32 bits per heavy atom. The van der Waals surface area contributed by atoms with Crippen LogP contribution in [0.4, 0.5) is 0 Å². The molecule has 22 heavy (non-hydrogen) atoms. The molecular weight excluding hydrogens is 280 g/mol. The average Bonchev–Trinajstić information content (AvgIpc) is 3.26. The molecule has 3 rings (SSSR count). The molecule has 1 fully saturated rings. The van der Waals surface area contributed by atoms with Crippen molar-refractivity contribution < 1.29 is 4.52 Å². The maximum atomic E-state index is 5.17. The molecule has 0 radical (unpaired) electrons. The predicted molar refractivity (Wildman–Crippen MR) is 82.2 cm³/mol. The fourth-order valence-electron chi connectivity index (χ4n) is 2.90.